The van der Waals surface area contributed by atoms with E-state index in [1.807, 2.05) is 18.3 Å². The quantitative estimate of drug-likeness (QED) is 0.353. The summed E-state index contributed by atoms with van der Waals surface area (Å²) in [5, 5.41) is 6.92. The van der Waals surface area contributed by atoms with Crippen molar-refractivity contribution >= 4 is 23.2 Å². The Morgan fingerprint density at radius 2 is 1.91 bits per heavy atom. The number of halogens is 5. The number of benzene rings is 2. The third-order valence-electron chi connectivity index (χ3n) is 7.07. The molecule has 0 bridgehead atoms. The molecule has 0 saturated carbocycles. The maximum Gasteiger partial charge on any atom is 0.416 e. The Morgan fingerprint density at radius 1 is 1.20 bits per heavy atom. The minimum absolute atomic E-state index is 0.0100. The van der Waals surface area contributed by atoms with Crippen molar-refractivity contribution in [2.24, 2.45) is 0 Å². The number of nitrogens with one attached hydrogen (secondary N) is 1. The molecule has 0 fully saturated rings. The van der Waals surface area contributed by atoms with Crippen LogP contribution in [0, 0.1) is 0 Å². The minimum Gasteiger partial charge on any atom is -0.383 e. The first-order valence-corrected chi connectivity index (χ1v) is 12.3. The Labute approximate surface area is 213 Å². The zero-order valence-corrected chi connectivity index (χ0v) is 21.4. The van der Waals surface area contributed by atoms with Gasteiger partial charge in [0.15, 0.2) is 0 Å². The topological polar surface area (TPSA) is 41.1 Å². The summed E-state index contributed by atoms with van der Waals surface area (Å²) in [6, 6.07) is 7.59. The van der Waals surface area contributed by atoms with Crippen molar-refractivity contribution in [3.8, 4) is 0 Å². The van der Waals surface area contributed by atoms with Crippen LogP contribution < -0.4 is 0 Å². The second-order valence-corrected chi connectivity index (χ2v) is 9.83. The lowest BCUT2D eigenvalue weighted by Crippen LogP contribution is -2.57. The fraction of sp³-hybridized carbons (Fsp3) is 0.423. The molecule has 0 amide bonds. The van der Waals surface area contributed by atoms with Crippen molar-refractivity contribution in [1.29, 1.82) is 0 Å². The van der Waals surface area contributed by atoms with Crippen LogP contribution in [-0.4, -0.2) is 34.4 Å². The summed E-state index contributed by atoms with van der Waals surface area (Å²) >= 11 is 13.2. The van der Waals surface area contributed by atoms with Crippen molar-refractivity contribution < 1.29 is 17.9 Å². The standard InChI is InChI=1S/C26H28Cl2F3N3O/c1-4-17-7-6-8-19-20(17)11-25(5-2,15-35-3)34(14-16-12-32-33-13-16)24(19)23-21(27)9-18(10-22(23)28)26(29,30)31/h6-10,12-13,24H,4-5,11,14-15H2,1-3H3,(H,32,33). The van der Waals surface area contributed by atoms with Gasteiger partial charge in [-0.05, 0) is 48.1 Å². The van der Waals surface area contributed by atoms with Gasteiger partial charge < -0.3 is 4.74 Å². The van der Waals surface area contributed by atoms with E-state index in [0.717, 1.165) is 42.5 Å². The number of H-pyrrole nitrogens is 1. The number of alkyl halides is 3. The molecule has 0 radical (unpaired) electrons. The molecule has 0 saturated heterocycles. The third kappa shape index (κ3) is 4.84. The summed E-state index contributed by atoms with van der Waals surface area (Å²) in [5.41, 5.74) is 3.47. The first-order chi connectivity index (χ1) is 16.6. The van der Waals surface area contributed by atoms with Gasteiger partial charge in [-0.3, -0.25) is 10.00 Å². The molecule has 4 nitrogen and oxygen atoms in total. The highest BCUT2D eigenvalue weighted by Gasteiger charge is 2.47. The Morgan fingerprint density at radius 3 is 2.46 bits per heavy atom. The first-order valence-electron chi connectivity index (χ1n) is 11.5. The summed E-state index contributed by atoms with van der Waals surface area (Å²) in [4.78, 5) is 2.27. The van der Waals surface area contributed by atoms with E-state index in [4.69, 9.17) is 27.9 Å². The highest BCUT2D eigenvalue weighted by atomic mass is 35.5. The van der Waals surface area contributed by atoms with Crippen molar-refractivity contribution in [2.75, 3.05) is 13.7 Å². The van der Waals surface area contributed by atoms with E-state index < -0.39 is 23.3 Å². The molecule has 2 aromatic carbocycles. The van der Waals surface area contributed by atoms with Gasteiger partial charge in [0.1, 0.15) is 0 Å². The van der Waals surface area contributed by atoms with E-state index in [9.17, 15) is 13.2 Å². The lowest BCUT2D eigenvalue weighted by Gasteiger charge is -2.52. The lowest BCUT2D eigenvalue weighted by molar-refractivity contribution is -0.137. The van der Waals surface area contributed by atoms with Gasteiger partial charge in [0, 0.05) is 46.6 Å². The fourth-order valence-electron chi connectivity index (χ4n) is 5.30. The number of fused-ring (bicyclic) bond motifs is 1. The second-order valence-electron chi connectivity index (χ2n) is 9.01. The van der Waals surface area contributed by atoms with Gasteiger partial charge in [-0.1, -0.05) is 55.2 Å². The minimum atomic E-state index is -4.55. The van der Waals surface area contributed by atoms with E-state index in [1.165, 1.54) is 11.1 Å². The number of ether oxygens (including phenoxy) is 1. The number of aromatic nitrogens is 2. The molecule has 2 heterocycles. The first kappa shape index (κ1) is 26.0. The highest BCUT2D eigenvalue weighted by Crippen LogP contribution is 2.50. The van der Waals surface area contributed by atoms with Crippen molar-refractivity contribution in [1.82, 2.24) is 15.1 Å². The van der Waals surface area contributed by atoms with Gasteiger partial charge in [-0.15, -0.1) is 0 Å². The van der Waals surface area contributed by atoms with Gasteiger partial charge in [-0.25, -0.2) is 0 Å². The molecule has 188 valence electrons. The van der Waals surface area contributed by atoms with Gasteiger partial charge >= 0.3 is 6.18 Å². The van der Waals surface area contributed by atoms with Crippen LogP contribution in [0.4, 0.5) is 13.2 Å². The molecule has 2 unspecified atom stereocenters. The molecular formula is C26H28Cl2F3N3O. The van der Waals surface area contributed by atoms with Crippen LogP contribution in [-0.2, 0) is 30.3 Å². The van der Waals surface area contributed by atoms with Crippen LogP contribution in [0.15, 0.2) is 42.7 Å². The molecule has 4 rings (SSSR count). The van der Waals surface area contributed by atoms with Crippen molar-refractivity contribution in [3.05, 3.63) is 86.2 Å². The number of methoxy groups -OCH3 is 1. The van der Waals surface area contributed by atoms with Gasteiger partial charge in [-0.2, -0.15) is 18.3 Å². The molecule has 1 aromatic heterocycles. The number of aryl methyl sites for hydroxylation is 1. The van der Waals surface area contributed by atoms with E-state index in [2.05, 4.69) is 35.0 Å². The van der Waals surface area contributed by atoms with Gasteiger partial charge in [0.25, 0.3) is 0 Å². The van der Waals surface area contributed by atoms with Crippen LogP contribution in [0.2, 0.25) is 10.0 Å². The summed E-state index contributed by atoms with van der Waals surface area (Å²) in [6.07, 6.45) is 1.34. The molecule has 1 N–H and O–H groups in total. The van der Waals surface area contributed by atoms with E-state index in [0.29, 0.717) is 18.7 Å². The van der Waals surface area contributed by atoms with E-state index >= 15 is 0 Å². The van der Waals surface area contributed by atoms with Crippen molar-refractivity contribution in [2.45, 2.75) is 57.4 Å². The molecule has 35 heavy (non-hydrogen) atoms. The smallest absolute Gasteiger partial charge is 0.383 e. The van der Waals surface area contributed by atoms with Crippen LogP contribution in [0.3, 0.4) is 0 Å². The number of hydrogen-bond acceptors (Lipinski definition) is 3. The zero-order chi connectivity index (χ0) is 25.4. The molecule has 0 spiro atoms. The molecule has 3 aromatic rings. The van der Waals surface area contributed by atoms with Crippen LogP contribution in [0.25, 0.3) is 0 Å². The molecule has 0 aliphatic carbocycles. The normalized spacial score (nSPS) is 20.7. The number of rotatable bonds is 7. The van der Waals surface area contributed by atoms with Crippen LogP contribution in [0.5, 0.6) is 0 Å². The summed E-state index contributed by atoms with van der Waals surface area (Å²) < 4.78 is 46.3. The summed E-state index contributed by atoms with van der Waals surface area (Å²) in [7, 11) is 1.67. The third-order valence-corrected chi connectivity index (χ3v) is 7.70. The Bertz CT molecular complexity index is 1160. The van der Waals surface area contributed by atoms with E-state index in [1.54, 1.807) is 13.3 Å². The lowest BCUT2D eigenvalue weighted by atomic mass is 9.74. The molecular weight excluding hydrogens is 498 g/mol. The Kier molecular flexibility index (Phi) is 7.53. The predicted molar refractivity (Wildman–Crippen MR) is 132 cm³/mol. The number of nitrogens with zero attached hydrogens (tertiary/aromatic N) is 2. The Hall–Kier alpha value is -2.06. The number of hydrogen-bond donors (Lipinski definition) is 1. The van der Waals surface area contributed by atoms with Gasteiger partial charge in [0.2, 0.25) is 0 Å². The maximum absolute atomic E-state index is 13.5. The second kappa shape index (κ2) is 10.1. The molecule has 1 aliphatic heterocycles. The largest absolute Gasteiger partial charge is 0.416 e. The number of aromatic amines is 1. The highest BCUT2D eigenvalue weighted by molar-refractivity contribution is 6.36. The Balaban J connectivity index is 2.01. The average molecular weight is 526 g/mol. The molecule has 1 aliphatic rings. The van der Waals surface area contributed by atoms with Crippen molar-refractivity contribution in [3.63, 3.8) is 0 Å². The molecule has 2 atom stereocenters. The van der Waals surface area contributed by atoms with Gasteiger partial charge in [0.05, 0.1) is 24.4 Å². The van der Waals surface area contributed by atoms with Crippen LogP contribution in [0.1, 0.15) is 59.7 Å². The SMILES string of the molecule is CCc1cccc2c1CC(CC)(COC)N(Cc1cn[nH]c1)C2c1c(Cl)cc(C(F)(F)F)cc1Cl. The fourth-order valence-corrected chi connectivity index (χ4v) is 6.00. The molecule has 9 heteroatoms. The maximum atomic E-state index is 13.5. The van der Waals surface area contributed by atoms with E-state index in [-0.39, 0.29) is 10.0 Å². The zero-order valence-electron chi connectivity index (χ0n) is 19.8. The predicted octanol–water partition coefficient (Wildman–Crippen LogP) is 7.24. The van der Waals surface area contributed by atoms with Crippen LogP contribution >= 0.6 is 23.2 Å². The summed E-state index contributed by atoms with van der Waals surface area (Å²) in [5.74, 6) is 0. The summed E-state index contributed by atoms with van der Waals surface area (Å²) in [6.45, 7) is 5.13. The monoisotopic (exact) mass is 525 g/mol. The average Bonchev–Trinajstić information content (AvgIpc) is 3.32.